The van der Waals surface area contributed by atoms with E-state index in [1.54, 1.807) is 11.3 Å². The van der Waals surface area contributed by atoms with Crippen LogP contribution in [0.5, 0.6) is 0 Å². The van der Waals surface area contributed by atoms with E-state index in [0.717, 1.165) is 6.42 Å². The van der Waals surface area contributed by atoms with Crippen molar-refractivity contribution in [3.05, 3.63) is 22.4 Å². The molecule has 56 valence electrons. The fraction of sp³-hybridized carbons (Fsp3) is 0.429. The Bertz CT molecular complexity index is 174. The first kappa shape index (κ1) is 7.72. The summed E-state index contributed by atoms with van der Waals surface area (Å²) in [5, 5.41) is 10.6. The first-order valence-corrected chi connectivity index (χ1v) is 4.20. The number of thiophene rings is 1. The molecule has 0 aliphatic carbocycles. The average Bonchev–Trinajstić information content (AvgIpc) is 2.38. The van der Waals surface area contributed by atoms with Crippen LogP contribution in [0.1, 0.15) is 17.3 Å². The molecule has 0 spiro atoms. The molecule has 2 nitrogen and oxygen atoms in total. The third-order valence-corrected chi connectivity index (χ3v) is 2.46. The zero-order valence-electron chi connectivity index (χ0n) is 5.79. The van der Waals surface area contributed by atoms with E-state index in [1.165, 1.54) is 4.88 Å². The predicted octanol–water partition coefficient (Wildman–Crippen LogP) is 0.414. The maximum absolute atomic E-state index is 8.60. The van der Waals surface area contributed by atoms with Crippen LogP contribution in [-0.2, 0) is 0 Å². The topological polar surface area (TPSA) is 47.9 Å². The van der Waals surface area contributed by atoms with Crippen molar-refractivity contribution >= 4 is 11.3 Å². The van der Waals surface area contributed by atoms with Gasteiger partial charge in [-0.15, -0.1) is 11.3 Å². The molecule has 0 fully saturated rings. The second kappa shape index (κ2) is 3.71. The van der Waals surface area contributed by atoms with Crippen LogP contribution in [0.15, 0.2) is 17.5 Å². The van der Waals surface area contributed by atoms with E-state index in [4.69, 9.17) is 5.11 Å². The van der Waals surface area contributed by atoms with Crippen molar-refractivity contribution in [1.29, 1.82) is 0 Å². The van der Waals surface area contributed by atoms with Gasteiger partial charge in [0.05, 0.1) is 4.88 Å². The molecule has 0 radical (unpaired) electrons. The van der Waals surface area contributed by atoms with Crippen molar-refractivity contribution < 1.29 is 10.8 Å². The highest BCUT2D eigenvalue weighted by atomic mass is 32.1. The van der Waals surface area contributed by atoms with Crippen LogP contribution in [0.2, 0.25) is 0 Å². The summed E-state index contributed by atoms with van der Waals surface area (Å²) < 4.78 is 0. The van der Waals surface area contributed by atoms with E-state index >= 15 is 0 Å². The number of quaternary nitrogens is 1. The van der Waals surface area contributed by atoms with Crippen molar-refractivity contribution in [3.63, 3.8) is 0 Å². The summed E-state index contributed by atoms with van der Waals surface area (Å²) in [7, 11) is 0. The lowest BCUT2D eigenvalue weighted by atomic mass is 10.2. The first-order valence-electron chi connectivity index (χ1n) is 3.32. The normalized spacial score (nSPS) is 13.4. The van der Waals surface area contributed by atoms with Gasteiger partial charge in [-0.05, 0) is 11.4 Å². The average molecular weight is 158 g/mol. The van der Waals surface area contributed by atoms with E-state index in [2.05, 4.69) is 11.8 Å². The van der Waals surface area contributed by atoms with Crippen molar-refractivity contribution in [2.45, 2.75) is 12.5 Å². The molecule has 0 saturated heterocycles. The molecule has 3 heteroatoms. The highest BCUT2D eigenvalue weighted by Gasteiger charge is 2.08. The smallest absolute Gasteiger partial charge is 0.121 e. The molecule has 0 aliphatic rings. The van der Waals surface area contributed by atoms with Crippen LogP contribution in [0.25, 0.3) is 0 Å². The highest BCUT2D eigenvalue weighted by molar-refractivity contribution is 7.10. The number of rotatable bonds is 3. The maximum atomic E-state index is 8.60. The molecule has 0 amide bonds. The van der Waals surface area contributed by atoms with E-state index in [9.17, 15) is 0 Å². The predicted molar refractivity (Wildman–Crippen MR) is 41.7 cm³/mol. The zero-order chi connectivity index (χ0) is 7.40. The Balaban J connectivity index is 2.50. The van der Waals surface area contributed by atoms with Crippen molar-refractivity contribution in [2.24, 2.45) is 0 Å². The highest BCUT2D eigenvalue weighted by Crippen LogP contribution is 2.16. The molecule has 0 aromatic carbocycles. The Kier molecular flexibility index (Phi) is 2.86. The molecule has 1 aromatic heterocycles. The summed E-state index contributed by atoms with van der Waals surface area (Å²) in [6.07, 6.45) is 0.764. The van der Waals surface area contributed by atoms with E-state index in [1.807, 2.05) is 11.4 Å². The Morgan fingerprint density at radius 3 is 3.00 bits per heavy atom. The van der Waals surface area contributed by atoms with E-state index in [-0.39, 0.29) is 12.6 Å². The van der Waals surface area contributed by atoms with Gasteiger partial charge in [-0.1, -0.05) is 6.07 Å². The molecule has 1 rings (SSSR count). The quantitative estimate of drug-likeness (QED) is 0.657. The summed E-state index contributed by atoms with van der Waals surface area (Å²) in [6.45, 7) is 0.228. The molecule has 0 saturated carbocycles. The molecular weight excluding hydrogens is 146 g/mol. The lowest BCUT2D eigenvalue weighted by Crippen LogP contribution is -2.53. The summed E-state index contributed by atoms with van der Waals surface area (Å²) in [5.74, 6) is 0. The molecule has 1 heterocycles. The number of hydrogen-bond acceptors (Lipinski definition) is 2. The van der Waals surface area contributed by atoms with Crippen LogP contribution in [0.3, 0.4) is 0 Å². The number of hydrogen-bond donors (Lipinski definition) is 2. The molecule has 1 atom stereocenters. The van der Waals surface area contributed by atoms with Gasteiger partial charge in [0.1, 0.15) is 6.04 Å². The Hall–Kier alpha value is -0.380. The molecule has 0 aliphatic heterocycles. The van der Waals surface area contributed by atoms with Crippen LogP contribution in [0.4, 0.5) is 0 Å². The molecule has 0 bridgehead atoms. The van der Waals surface area contributed by atoms with E-state index in [0.29, 0.717) is 0 Å². The summed E-state index contributed by atoms with van der Waals surface area (Å²) in [6, 6.07) is 4.33. The van der Waals surface area contributed by atoms with Gasteiger partial charge in [0.15, 0.2) is 0 Å². The summed E-state index contributed by atoms with van der Waals surface area (Å²) >= 11 is 1.70. The minimum atomic E-state index is 0.228. The Labute approximate surface area is 64.3 Å². The number of aliphatic hydroxyl groups is 1. The molecule has 0 unspecified atom stereocenters. The molecule has 10 heavy (non-hydrogen) atoms. The summed E-state index contributed by atoms with van der Waals surface area (Å²) in [5.41, 5.74) is 3.92. The Morgan fingerprint density at radius 2 is 2.50 bits per heavy atom. The van der Waals surface area contributed by atoms with Gasteiger partial charge in [-0.3, -0.25) is 0 Å². The third-order valence-electron chi connectivity index (χ3n) is 1.42. The summed E-state index contributed by atoms with van der Waals surface area (Å²) in [4.78, 5) is 1.26. The second-order valence-electron chi connectivity index (χ2n) is 2.22. The molecule has 1 aromatic rings. The van der Waals surface area contributed by atoms with Crippen molar-refractivity contribution in [1.82, 2.24) is 0 Å². The van der Waals surface area contributed by atoms with Gasteiger partial charge in [-0.2, -0.15) is 0 Å². The molecular formula is C7H12NOS+. The zero-order valence-corrected chi connectivity index (χ0v) is 6.60. The monoisotopic (exact) mass is 158 g/mol. The van der Waals surface area contributed by atoms with Gasteiger partial charge < -0.3 is 10.8 Å². The van der Waals surface area contributed by atoms with Gasteiger partial charge in [0.2, 0.25) is 0 Å². The second-order valence-corrected chi connectivity index (χ2v) is 3.20. The number of aliphatic hydroxyl groups excluding tert-OH is 1. The van der Waals surface area contributed by atoms with Crippen LogP contribution >= 0.6 is 11.3 Å². The standard InChI is InChI=1S/C7H11NOS/c8-6(3-4-9)7-2-1-5-10-7/h1-2,5-6,9H,3-4,8H2/p+1/t6-/m1/s1. The van der Waals surface area contributed by atoms with Gasteiger partial charge >= 0.3 is 0 Å². The van der Waals surface area contributed by atoms with E-state index < -0.39 is 0 Å². The Morgan fingerprint density at radius 1 is 1.70 bits per heavy atom. The van der Waals surface area contributed by atoms with Crippen LogP contribution in [-0.4, -0.2) is 11.7 Å². The lowest BCUT2D eigenvalue weighted by molar-refractivity contribution is -0.427. The van der Waals surface area contributed by atoms with Crippen molar-refractivity contribution in [3.8, 4) is 0 Å². The van der Waals surface area contributed by atoms with Gasteiger partial charge in [-0.25, -0.2) is 0 Å². The SMILES string of the molecule is [NH3+][C@H](CCO)c1cccs1. The van der Waals surface area contributed by atoms with Gasteiger partial charge in [0, 0.05) is 13.0 Å². The largest absolute Gasteiger partial charge is 0.396 e. The van der Waals surface area contributed by atoms with Crippen molar-refractivity contribution in [2.75, 3.05) is 6.61 Å². The van der Waals surface area contributed by atoms with Gasteiger partial charge in [0.25, 0.3) is 0 Å². The third kappa shape index (κ3) is 1.80. The van der Waals surface area contributed by atoms with Crippen LogP contribution < -0.4 is 5.73 Å². The minimum absolute atomic E-state index is 0.228. The fourth-order valence-electron chi connectivity index (χ4n) is 0.822. The first-order chi connectivity index (χ1) is 4.84. The fourth-order valence-corrected chi connectivity index (χ4v) is 1.60. The minimum Gasteiger partial charge on any atom is -0.396 e. The van der Waals surface area contributed by atoms with Crippen LogP contribution in [0, 0.1) is 0 Å². The molecule has 4 N–H and O–H groups in total. The maximum Gasteiger partial charge on any atom is 0.121 e. The lowest BCUT2D eigenvalue weighted by Gasteiger charge is -2.01.